The molecule has 0 radical (unpaired) electrons. The molecule has 2 aromatic carbocycles. The maximum atomic E-state index is 12.2. The molecule has 0 saturated carbocycles. The average Bonchev–Trinajstić information content (AvgIpc) is 2.58. The van der Waals surface area contributed by atoms with Crippen LogP contribution in [-0.4, -0.2) is 30.0 Å². The van der Waals surface area contributed by atoms with Crippen LogP contribution >= 0.6 is 0 Å². The van der Waals surface area contributed by atoms with Gasteiger partial charge in [-0.25, -0.2) is 0 Å². The minimum atomic E-state index is -0.990. The van der Waals surface area contributed by atoms with Crippen LogP contribution in [0.2, 0.25) is 0 Å². The van der Waals surface area contributed by atoms with Crippen molar-refractivity contribution in [2.24, 2.45) is 5.73 Å². The Morgan fingerprint density at radius 2 is 1.48 bits per heavy atom. The van der Waals surface area contributed by atoms with Gasteiger partial charge < -0.3 is 15.5 Å². The highest BCUT2D eigenvalue weighted by molar-refractivity contribution is 6.81. The van der Waals surface area contributed by atoms with Gasteiger partial charge >= 0.3 is 18.9 Å². The molecular weight excluding hydrogens is 293 g/mol. The van der Waals surface area contributed by atoms with Gasteiger partial charge in [-0.05, 0) is 17.3 Å². The molecule has 0 fully saturated rings. The van der Waals surface area contributed by atoms with E-state index >= 15 is 0 Å². The molecule has 0 aliphatic carbocycles. The van der Waals surface area contributed by atoms with Gasteiger partial charge in [-0.15, -0.1) is 0 Å². The Hall–Kier alpha value is -2.60. The Labute approximate surface area is 135 Å². The van der Waals surface area contributed by atoms with E-state index in [4.69, 9.17) is 15.5 Å². The lowest BCUT2D eigenvalue weighted by atomic mass is 9.55. The summed E-state index contributed by atoms with van der Waals surface area (Å²) in [7, 11) is 0. The fourth-order valence-electron chi connectivity index (χ4n) is 2.18. The van der Waals surface area contributed by atoms with Crippen molar-refractivity contribution in [2.75, 3.05) is 0 Å². The Morgan fingerprint density at radius 1 is 1.00 bits per heavy atom. The molecule has 1 atom stereocenters. The van der Waals surface area contributed by atoms with Gasteiger partial charge in [-0.3, -0.25) is 9.59 Å². The molecule has 0 unspecified atom stereocenters. The summed E-state index contributed by atoms with van der Waals surface area (Å²) < 4.78 is 5.56. The molecule has 2 aromatic rings. The maximum Gasteiger partial charge on any atom is 0.429 e. The number of carbonyl (C=O) groups excluding carboxylic acids is 1. The van der Waals surface area contributed by atoms with E-state index < -0.39 is 24.9 Å². The molecule has 0 aliphatic heterocycles. The van der Waals surface area contributed by atoms with Crippen molar-refractivity contribution in [3.63, 3.8) is 0 Å². The molecule has 0 amide bonds. The third-order valence-corrected chi connectivity index (χ3v) is 3.41. The number of carbonyl (C=O) groups is 2. The lowest BCUT2D eigenvalue weighted by Crippen LogP contribution is -2.49. The monoisotopic (exact) mass is 311 g/mol. The van der Waals surface area contributed by atoms with Gasteiger partial charge in [0.1, 0.15) is 6.04 Å². The number of nitrogens with two attached hydrogens (primary N) is 1. The summed E-state index contributed by atoms with van der Waals surface area (Å²) in [5.74, 6) is -1.60. The van der Waals surface area contributed by atoms with Crippen molar-refractivity contribution in [2.45, 2.75) is 18.9 Å². The molecule has 118 valence electrons. The van der Waals surface area contributed by atoms with Crippen LogP contribution < -0.4 is 16.7 Å². The molecule has 0 saturated heterocycles. The predicted octanol–water partition coefficient (Wildman–Crippen LogP) is 0.528. The second-order valence-corrected chi connectivity index (χ2v) is 5.18. The number of rotatable bonds is 7. The normalized spacial score (nSPS) is 11.5. The van der Waals surface area contributed by atoms with Crippen LogP contribution in [-0.2, 0) is 14.2 Å². The van der Waals surface area contributed by atoms with Gasteiger partial charge in [0, 0.05) is 6.42 Å². The number of carboxylic acid groups (broad SMARTS) is 1. The SMILES string of the molecule is N[C@H](CCC(=O)O)C(=O)OB(c1ccccc1)c1ccccc1. The average molecular weight is 311 g/mol. The quantitative estimate of drug-likeness (QED) is 0.728. The second kappa shape index (κ2) is 8.15. The first-order chi connectivity index (χ1) is 11.1. The first-order valence-electron chi connectivity index (χ1n) is 7.35. The van der Waals surface area contributed by atoms with E-state index in [1.54, 1.807) is 0 Å². The van der Waals surface area contributed by atoms with Gasteiger partial charge in [0.25, 0.3) is 0 Å². The number of carboxylic acids is 1. The lowest BCUT2D eigenvalue weighted by Gasteiger charge is -2.18. The van der Waals surface area contributed by atoms with Crippen LogP contribution in [0.3, 0.4) is 0 Å². The van der Waals surface area contributed by atoms with Gasteiger partial charge in [0.05, 0.1) is 0 Å². The molecule has 0 aliphatic rings. The van der Waals surface area contributed by atoms with Crippen molar-refractivity contribution in [3.05, 3.63) is 60.7 Å². The Morgan fingerprint density at radius 3 is 1.91 bits per heavy atom. The maximum absolute atomic E-state index is 12.2. The van der Waals surface area contributed by atoms with Crippen LogP contribution in [0.4, 0.5) is 0 Å². The summed E-state index contributed by atoms with van der Waals surface area (Å²) in [6.45, 7) is -0.569. The van der Waals surface area contributed by atoms with E-state index in [1.165, 1.54) is 0 Å². The summed E-state index contributed by atoms with van der Waals surface area (Å²) in [6, 6.07) is 17.7. The lowest BCUT2D eigenvalue weighted by molar-refractivity contribution is -0.138. The first kappa shape index (κ1) is 16.8. The van der Waals surface area contributed by atoms with Crippen molar-refractivity contribution in [3.8, 4) is 0 Å². The molecule has 0 heterocycles. The van der Waals surface area contributed by atoms with Gasteiger partial charge in [0.2, 0.25) is 0 Å². The van der Waals surface area contributed by atoms with Crippen molar-refractivity contribution < 1.29 is 19.3 Å². The molecule has 3 N–H and O–H groups in total. The first-order valence-corrected chi connectivity index (χ1v) is 7.35. The highest BCUT2D eigenvalue weighted by Gasteiger charge is 2.28. The third-order valence-electron chi connectivity index (χ3n) is 3.41. The van der Waals surface area contributed by atoms with Gasteiger partial charge in [-0.1, -0.05) is 60.7 Å². The highest BCUT2D eigenvalue weighted by atomic mass is 16.5. The Bertz CT molecular complexity index is 609. The zero-order valence-electron chi connectivity index (χ0n) is 12.6. The number of hydrogen-bond acceptors (Lipinski definition) is 4. The number of hydrogen-bond donors (Lipinski definition) is 2. The molecule has 0 bridgehead atoms. The number of benzene rings is 2. The second-order valence-electron chi connectivity index (χ2n) is 5.18. The largest absolute Gasteiger partial charge is 0.525 e. The minimum Gasteiger partial charge on any atom is -0.525 e. The zero-order valence-corrected chi connectivity index (χ0v) is 12.6. The molecule has 0 aromatic heterocycles. The molecule has 6 heteroatoms. The van der Waals surface area contributed by atoms with E-state index in [2.05, 4.69) is 0 Å². The molecule has 2 rings (SSSR count). The van der Waals surface area contributed by atoms with E-state index in [0.29, 0.717) is 0 Å². The van der Waals surface area contributed by atoms with E-state index in [0.717, 1.165) is 10.9 Å². The van der Waals surface area contributed by atoms with E-state index in [-0.39, 0.29) is 12.8 Å². The molecule has 5 nitrogen and oxygen atoms in total. The standard InChI is InChI=1S/C17H18BNO4/c19-15(11-12-16(20)21)17(22)23-18(13-7-3-1-4-8-13)14-9-5-2-6-10-14/h1-10,15H,11-12,19H2,(H,20,21)/t15-/m1/s1. The van der Waals surface area contributed by atoms with Crippen molar-refractivity contribution in [1.29, 1.82) is 0 Å². The molecule has 0 spiro atoms. The Kier molecular flexibility index (Phi) is 5.94. The smallest absolute Gasteiger partial charge is 0.429 e. The van der Waals surface area contributed by atoms with Crippen LogP contribution in [0.5, 0.6) is 0 Å². The van der Waals surface area contributed by atoms with Crippen LogP contribution in [0.25, 0.3) is 0 Å². The summed E-state index contributed by atoms with van der Waals surface area (Å²) in [6.07, 6.45) is -0.123. The highest BCUT2D eigenvalue weighted by Crippen LogP contribution is 2.01. The number of aliphatic carboxylic acids is 1. The Balaban J connectivity index is 2.15. The topological polar surface area (TPSA) is 89.6 Å². The molecular formula is C17H18BNO4. The van der Waals surface area contributed by atoms with E-state index in [1.807, 2.05) is 60.7 Å². The summed E-state index contributed by atoms with van der Waals surface area (Å²) in [5.41, 5.74) is 7.39. The summed E-state index contributed by atoms with van der Waals surface area (Å²) >= 11 is 0. The van der Waals surface area contributed by atoms with E-state index in [9.17, 15) is 9.59 Å². The summed E-state index contributed by atoms with van der Waals surface area (Å²) in [5, 5.41) is 8.67. The fourth-order valence-corrected chi connectivity index (χ4v) is 2.18. The van der Waals surface area contributed by atoms with Crippen molar-refractivity contribution in [1.82, 2.24) is 0 Å². The zero-order chi connectivity index (χ0) is 16.7. The van der Waals surface area contributed by atoms with Gasteiger partial charge in [-0.2, -0.15) is 0 Å². The minimum absolute atomic E-state index is 0.0461. The van der Waals surface area contributed by atoms with Crippen molar-refractivity contribution >= 4 is 29.8 Å². The van der Waals surface area contributed by atoms with Gasteiger partial charge in [0.15, 0.2) is 0 Å². The predicted molar refractivity (Wildman–Crippen MR) is 88.8 cm³/mol. The third kappa shape index (κ3) is 4.97. The summed E-state index contributed by atoms with van der Waals surface area (Å²) in [4.78, 5) is 22.8. The van der Waals surface area contributed by atoms with Crippen LogP contribution in [0.15, 0.2) is 60.7 Å². The van der Waals surface area contributed by atoms with Crippen LogP contribution in [0.1, 0.15) is 12.8 Å². The fraction of sp³-hybridized carbons (Fsp3) is 0.176. The van der Waals surface area contributed by atoms with Crippen LogP contribution in [0, 0.1) is 0 Å². The molecule has 23 heavy (non-hydrogen) atoms.